The summed E-state index contributed by atoms with van der Waals surface area (Å²) in [6, 6.07) is 15.1. The normalized spacial score (nSPS) is 10.4. The van der Waals surface area contributed by atoms with Gasteiger partial charge in [0.25, 0.3) is 0 Å². The van der Waals surface area contributed by atoms with E-state index in [-0.39, 0.29) is 5.75 Å². The van der Waals surface area contributed by atoms with E-state index in [0.29, 0.717) is 18.9 Å². The van der Waals surface area contributed by atoms with Gasteiger partial charge >= 0.3 is 0 Å². The van der Waals surface area contributed by atoms with Crippen LogP contribution in [0.2, 0.25) is 0 Å². The van der Waals surface area contributed by atoms with Crippen molar-refractivity contribution in [3.63, 3.8) is 0 Å². The summed E-state index contributed by atoms with van der Waals surface area (Å²) in [6.45, 7) is 1.06. The van der Waals surface area contributed by atoms with Gasteiger partial charge in [0, 0.05) is 6.54 Å². The molecule has 0 atom stereocenters. The molecule has 19 heavy (non-hydrogen) atoms. The highest BCUT2D eigenvalue weighted by molar-refractivity contribution is 5.41. The number of hydroxylamine groups is 1. The van der Waals surface area contributed by atoms with Crippen molar-refractivity contribution in [1.29, 1.82) is 0 Å². The second-order valence-electron chi connectivity index (χ2n) is 4.10. The van der Waals surface area contributed by atoms with Crippen molar-refractivity contribution in [1.82, 2.24) is 5.48 Å². The maximum atomic E-state index is 9.48. The van der Waals surface area contributed by atoms with Crippen molar-refractivity contribution in [3.05, 3.63) is 59.7 Å². The zero-order valence-electron chi connectivity index (χ0n) is 10.8. The Kier molecular flexibility index (Phi) is 4.78. The van der Waals surface area contributed by atoms with Crippen molar-refractivity contribution in [2.45, 2.75) is 13.2 Å². The van der Waals surface area contributed by atoms with Crippen LogP contribution in [-0.2, 0) is 18.0 Å². The fourth-order valence-corrected chi connectivity index (χ4v) is 1.67. The van der Waals surface area contributed by atoms with Crippen LogP contribution in [0.4, 0.5) is 0 Å². The van der Waals surface area contributed by atoms with Gasteiger partial charge in [0.15, 0.2) is 11.5 Å². The zero-order chi connectivity index (χ0) is 13.5. The van der Waals surface area contributed by atoms with Gasteiger partial charge in [0.1, 0.15) is 0 Å². The van der Waals surface area contributed by atoms with E-state index in [1.807, 2.05) is 36.4 Å². The van der Waals surface area contributed by atoms with Crippen LogP contribution in [0.3, 0.4) is 0 Å². The lowest BCUT2D eigenvalue weighted by molar-refractivity contribution is 0.0235. The summed E-state index contributed by atoms with van der Waals surface area (Å²) in [5, 5.41) is 9.48. The minimum absolute atomic E-state index is 0.136. The molecule has 0 spiro atoms. The molecule has 2 aromatic carbocycles. The summed E-state index contributed by atoms with van der Waals surface area (Å²) < 4.78 is 5.04. The molecule has 0 aliphatic heterocycles. The number of rotatable bonds is 6. The van der Waals surface area contributed by atoms with Crippen LogP contribution in [-0.4, -0.2) is 12.2 Å². The van der Waals surface area contributed by atoms with E-state index >= 15 is 0 Å². The number of aromatic hydroxyl groups is 1. The lowest BCUT2D eigenvalue weighted by Gasteiger charge is -2.08. The molecule has 0 aliphatic rings. The van der Waals surface area contributed by atoms with Gasteiger partial charge in [-0.1, -0.05) is 36.4 Å². The van der Waals surface area contributed by atoms with E-state index in [1.165, 1.54) is 7.11 Å². The van der Waals surface area contributed by atoms with Crippen LogP contribution in [0.1, 0.15) is 11.1 Å². The molecule has 0 aliphatic carbocycles. The first-order valence-electron chi connectivity index (χ1n) is 6.04. The zero-order valence-corrected chi connectivity index (χ0v) is 10.8. The quantitative estimate of drug-likeness (QED) is 0.618. The molecule has 100 valence electrons. The Bertz CT molecular complexity index is 514. The molecule has 0 aromatic heterocycles. The molecular formula is C15H17NO3. The number of hydrogen-bond acceptors (Lipinski definition) is 4. The predicted molar refractivity (Wildman–Crippen MR) is 72.7 cm³/mol. The fourth-order valence-electron chi connectivity index (χ4n) is 1.67. The van der Waals surface area contributed by atoms with E-state index in [0.717, 1.165) is 11.1 Å². The maximum absolute atomic E-state index is 9.48. The summed E-state index contributed by atoms with van der Waals surface area (Å²) in [4.78, 5) is 5.37. The first-order valence-corrected chi connectivity index (χ1v) is 6.04. The van der Waals surface area contributed by atoms with Gasteiger partial charge in [0.2, 0.25) is 0 Å². The van der Waals surface area contributed by atoms with E-state index in [9.17, 15) is 5.11 Å². The largest absolute Gasteiger partial charge is 0.504 e. The van der Waals surface area contributed by atoms with Gasteiger partial charge in [0.05, 0.1) is 13.7 Å². The van der Waals surface area contributed by atoms with E-state index < -0.39 is 0 Å². The standard InChI is InChI=1S/C15H17NO3/c1-18-15-9-13(7-8-14(15)17)10-16-19-11-12-5-3-2-4-6-12/h2-9,16-17H,10-11H2,1H3. The number of methoxy groups -OCH3 is 1. The molecule has 0 bridgehead atoms. The van der Waals surface area contributed by atoms with Crippen LogP contribution in [0.5, 0.6) is 11.5 Å². The van der Waals surface area contributed by atoms with Gasteiger partial charge in [-0.15, -0.1) is 0 Å². The third-order valence-electron chi connectivity index (χ3n) is 2.70. The summed E-state index contributed by atoms with van der Waals surface area (Å²) in [5.41, 5.74) is 4.97. The molecule has 0 fully saturated rings. The minimum Gasteiger partial charge on any atom is -0.504 e. The molecule has 0 radical (unpaired) electrons. The minimum atomic E-state index is 0.136. The Morgan fingerprint density at radius 2 is 1.84 bits per heavy atom. The monoisotopic (exact) mass is 259 g/mol. The molecule has 0 heterocycles. The van der Waals surface area contributed by atoms with Gasteiger partial charge in [-0.3, -0.25) is 4.84 Å². The number of hydrogen-bond donors (Lipinski definition) is 2. The molecule has 0 saturated carbocycles. The van der Waals surface area contributed by atoms with Gasteiger partial charge in [-0.05, 0) is 23.3 Å². The topological polar surface area (TPSA) is 50.7 Å². The Morgan fingerprint density at radius 3 is 2.58 bits per heavy atom. The van der Waals surface area contributed by atoms with Crippen LogP contribution in [0, 0.1) is 0 Å². The molecule has 4 nitrogen and oxygen atoms in total. The third kappa shape index (κ3) is 3.98. The highest BCUT2D eigenvalue weighted by atomic mass is 16.6. The Labute approximate surface area is 112 Å². The Morgan fingerprint density at radius 1 is 1.05 bits per heavy atom. The Balaban J connectivity index is 1.80. The maximum Gasteiger partial charge on any atom is 0.160 e. The van der Waals surface area contributed by atoms with Crippen molar-refractivity contribution in [3.8, 4) is 11.5 Å². The average molecular weight is 259 g/mol. The third-order valence-corrected chi connectivity index (χ3v) is 2.70. The highest BCUT2D eigenvalue weighted by Crippen LogP contribution is 2.26. The number of phenols is 1. The van der Waals surface area contributed by atoms with Crippen molar-refractivity contribution >= 4 is 0 Å². The van der Waals surface area contributed by atoms with E-state index in [2.05, 4.69) is 5.48 Å². The van der Waals surface area contributed by atoms with Crippen LogP contribution in [0.15, 0.2) is 48.5 Å². The molecule has 0 amide bonds. The molecule has 2 aromatic rings. The molecule has 4 heteroatoms. The summed E-state index contributed by atoms with van der Waals surface area (Å²) in [7, 11) is 1.53. The Hall–Kier alpha value is -2.04. The molecule has 0 saturated heterocycles. The van der Waals surface area contributed by atoms with Crippen LogP contribution in [0.25, 0.3) is 0 Å². The van der Waals surface area contributed by atoms with Crippen molar-refractivity contribution in [2.75, 3.05) is 7.11 Å². The molecule has 0 unspecified atom stereocenters. The smallest absolute Gasteiger partial charge is 0.160 e. The summed E-state index contributed by atoms with van der Waals surface area (Å²) in [5.74, 6) is 0.596. The number of ether oxygens (including phenoxy) is 1. The van der Waals surface area contributed by atoms with Gasteiger partial charge in [-0.25, -0.2) is 0 Å². The first-order chi connectivity index (χ1) is 9.29. The molecular weight excluding hydrogens is 242 g/mol. The van der Waals surface area contributed by atoms with Crippen molar-refractivity contribution in [2.24, 2.45) is 0 Å². The van der Waals surface area contributed by atoms with Crippen LogP contribution >= 0.6 is 0 Å². The SMILES string of the molecule is COc1cc(CNOCc2ccccc2)ccc1O. The van der Waals surface area contributed by atoms with E-state index in [4.69, 9.17) is 9.57 Å². The highest BCUT2D eigenvalue weighted by Gasteiger charge is 2.02. The van der Waals surface area contributed by atoms with Crippen LogP contribution < -0.4 is 10.2 Å². The lowest BCUT2D eigenvalue weighted by Crippen LogP contribution is -2.13. The van der Waals surface area contributed by atoms with Crippen molar-refractivity contribution < 1.29 is 14.7 Å². The fraction of sp³-hybridized carbons (Fsp3) is 0.200. The second-order valence-corrected chi connectivity index (χ2v) is 4.10. The second kappa shape index (κ2) is 6.78. The van der Waals surface area contributed by atoms with Gasteiger partial charge in [-0.2, -0.15) is 5.48 Å². The van der Waals surface area contributed by atoms with Gasteiger partial charge < -0.3 is 9.84 Å². The predicted octanol–water partition coefficient (Wildman–Crippen LogP) is 2.62. The number of benzene rings is 2. The molecule has 2 rings (SSSR count). The van der Waals surface area contributed by atoms with E-state index in [1.54, 1.807) is 12.1 Å². The molecule has 2 N–H and O–H groups in total. The lowest BCUT2D eigenvalue weighted by atomic mass is 10.2. The number of phenolic OH excluding ortho intramolecular Hbond substituents is 1. The summed E-state index contributed by atoms with van der Waals surface area (Å²) >= 11 is 0. The number of nitrogens with one attached hydrogen (secondary N) is 1. The average Bonchev–Trinajstić information content (AvgIpc) is 2.46. The summed E-state index contributed by atoms with van der Waals surface area (Å²) in [6.07, 6.45) is 0. The first kappa shape index (κ1) is 13.4.